The first-order chi connectivity index (χ1) is 9.22. The number of fused-ring (bicyclic) bond motifs is 1. The summed E-state index contributed by atoms with van der Waals surface area (Å²) in [5.74, 6) is 0.602. The van der Waals surface area contributed by atoms with Gasteiger partial charge in [0.15, 0.2) is 0 Å². The van der Waals surface area contributed by atoms with Crippen molar-refractivity contribution in [1.29, 1.82) is 0 Å². The largest absolute Gasteiger partial charge is 0.306 e. The molecule has 2 nitrogen and oxygen atoms in total. The summed E-state index contributed by atoms with van der Waals surface area (Å²) in [6, 6.07) is 5.98. The molecule has 1 aromatic carbocycles. The molecule has 0 bridgehead atoms. The highest BCUT2D eigenvalue weighted by atomic mass is 35.5. The molecule has 4 heteroatoms. The Hall–Kier alpha value is -0.900. The molecule has 0 amide bonds. The molecule has 0 aliphatic carbocycles. The Morgan fingerprint density at radius 2 is 2.21 bits per heavy atom. The third-order valence-electron chi connectivity index (χ3n) is 3.34. The number of halogens is 1. The van der Waals surface area contributed by atoms with Crippen molar-refractivity contribution in [2.75, 3.05) is 20.1 Å². The van der Waals surface area contributed by atoms with Crippen molar-refractivity contribution in [1.82, 2.24) is 9.88 Å². The van der Waals surface area contributed by atoms with Crippen LogP contribution in [0, 0.1) is 0 Å². The quantitative estimate of drug-likeness (QED) is 0.717. The lowest BCUT2D eigenvalue weighted by atomic mass is 9.99. The van der Waals surface area contributed by atoms with Gasteiger partial charge in [-0.1, -0.05) is 11.6 Å². The van der Waals surface area contributed by atoms with Crippen LogP contribution in [0.1, 0.15) is 23.8 Å². The van der Waals surface area contributed by atoms with E-state index in [4.69, 9.17) is 16.6 Å². The Labute approximate surface area is 123 Å². The average molecular weight is 295 g/mol. The van der Waals surface area contributed by atoms with Crippen molar-refractivity contribution in [3.8, 4) is 0 Å². The van der Waals surface area contributed by atoms with Crippen molar-refractivity contribution in [2.45, 2.75) is 18.8 Å². The molecule has 1 atom stereocenters. The highest BCUT2D eigenvalue weighted by Crippen LogP contribution is 2.33. The zero-order valence-corrected chi connectivity index (χ0v) is 12.8. The molecule has 0 N–H and O–H groups in total. The van der Waals surface area contributed by atoms with Crippen LogP contribution in [-0.2, 0) is 0 Å². The van der Waals surface area contributed by atoms with Gasteiger partial charge < -0.3 is 4.90 Å². The van der Waals surface area contributed by atoms with Crippen LogP contribution in [0.5, 0.6) is 0 Å². The molecule has 3 rings (SSSR count). The minimum Gasteiger partial charge on any atom is -0.306 e. The summed E-state index contributed by atoms with van der Waals surface area (Å²) in [5.41, 5.74) is 1.05. The minimum absolute atomic E-state index is 0.602. The fourth-order valence-corrected chi connectivity index (χ4v) is 3.70. The molecular formula is C15H19ClN2S. The Morgan fingerprint density at radius 1 is 1.42 bits per heavy atom. The number of likely N-dealkylation sites (N-methyl/N-ethyl adjacent to an activating group) is 1. The van der Waals surface area contributed by atoms with E-state index in [0.29, 0.717) is 5.92 Å². The molecule has 102 valence electrons. The summed E-state index contributed by atoms with van der Waals surface area (Å²) in [5, 5.41) is 2.05. The van der Waals surface area contributed by atoms with Crippen LogP contribution in [0.2, 0.25) is 5.02 Å². The van der Waals surface area contributed by atoms with Gasteiger partial charge in [-0.05, 0) is 44.6 Å². The molecule has 1 aliphatic rings. The van der Waals surface area contributed by atoms with E-state index in [2.05, 4.69) is 31.2 Å². The van der Waals surface area contributed by atoms with Gasteiger partial charge in [0.1, 0.15) is 0 Å². The third-order valence-corrected chi connectivity index (χ3v) is 4.77. The summed E-state index contributed by atoms with van der Waals surface area (Å²) in [7, 11) is 2.19. The van der Waals surface area contributed by atoms with E-state index in [-0.39, 0.29) is 0 Å². The van der Waals surface area contributed by atoms with Gasteiger partial charge >= 0.3 is 0 Å². The van der Waals surface area contributed by atoms with Crippen molar-refractivity contribution >= 4 is 33.2 Å². The summed E-state index contributed by atoms with van der Waals surface area (Å²) in [6.07, 6.45) is 2.54. The maximum absolute atomic E-state index is 5.99. The Kier molecular flexibility index (Phi) is 4.97. The fourth-order valence-electron chi connectivity index (χ4n) is 2.46. The predicted molar refractivity (Wildman–Crippen MR) is 85.4 cm³/mol. The topological polar surface area (TPSA) is 16.1 Å². The molecule has 19 heavy (non-hydrogen) atoms. The van der Waals surface area contributed by atoms with Crippen LogP contribution in [0.3, 0.4) is 0 Å². The highest BCUT2D eigenvalue weighted by Gasteiger charge is 2.21. The molecule has 1 unspecified atom stereocenters. The van der Waals surface area contributed by atoms with Crippen LogP contribution in [-0.4, -0.2) is 30.0 Å². The lowest BCUT2D eigenvalue weighted by Gasteiger charge is -2.28. The van der Waals surface area contributed by atoms with E-state index >= 15 is 0 Å². The fraction of sp³-hybridized carbons (Fsp3) is 0.400. The van der Waals surface area contributed by atoms with Gasteiger partial charge in [0.05, 0.1) is 15.2 Å². The highest BCUT2D eigenvalue weighted by molar-refractivity contribution is 7.18. The Morgan fingerprint density at radius 3 is 2.95 bits per heavy atom. The molecule has 1 saturated heterocycles. The van der Waals surface area contributed by atoms with Crippen molar-refractivity contribution < 1.29 is 0 Å². The second kappa shape index (κ2) is 6.51. The maximum Gasteiger partial charge on any atom is 0.0982 e. The van der Waals surface area contributed by atoms with Gasteiger partial charge in [0.25, 0.3) is 0 Å². The zero-order valence-electron chi connectivity index (χ0n) is 11.2. The molecule has 0 radical (unpaired) electrons. The summed E-state index contributed by atoms with van der Waals surface area (Å²) in [6.45, 7) is 8.35. The first-order valence-electron chi connectivity index (χ1n) is 6.47. The van der Waals surface area contributed by atoms with E-state index in [0.717, 1.165) is 17.1 Å². The summed E-state index contributed by atoms with van der Waals surface area (Å²) >= 11 is 7.81. The molecule has 0 saturated carbocycles. The van der Waals surface area contributed by atoms with Crippen LogP contribution in [0.4, 0.5) is 0 Å². The van der Waals surface area contributed by atoms with Crippen LogP contribution < -0.4 is 0 Å². The molecule has 1 aliphatic heterocycles. The molecule has 0 spiro atoms. The average Bonchev–Trinajstić information content (AvgIpc) is 2.84. The predicted octanol–water partition coefficient (Wildman–Crippen LogP) is 4.56. The van der Waals surface area contributed by atoms with Gasteiger partial charge in [0.2, 0.25) is 0 Å². The SMILES string of the molecule is C=C.CN1CCCC(c2nc3cc(Cl)ccc3s2)C1. The van der Waals surface area contributed by atoms with Gasteiger partial charge in [0, 0.05) is 17.5 Å². The smallest absolute Gasteiger partial charge is 0.0982 e. The van der Waals surface area contributed by atoms with E-state index in [1.807, 2.05) is 23.5 Å². The number of likely N-dealkylation sites (tertiary alicyclic amines) is 1. The van der Waals surface area contributed by atoms with Crippen molar-refractivity contribution in [3.63, 3.8) is 0 Å². The van der Waals surface area contributed by atoms with Gasteiger partial charge in [-0.3, -0.25) is 0 Å². The number of nitrogens with zero attached hydrogens (tertiary/aromatic N) is 2. The van der Waals surface area contributed by atoms with E-state index in [1.54, 1.807) is 0 Å². The first kappa shape index (κ1) is 14.5. The van der Waals surface area contributed by atoms with E-state index in [9.17, 15) is 0 Å². The summed E-state index contributed by atoms with van der Waals surface area (Å²) in [4.78, 5) is 7.14. The van der Waals surface area contributed by atoms with Crippen molar-refractivity contribution in [2.24, 2.45) is 0 Å². The van der Waals surface area contributed by atoms with Crippen LogP contribution in [0.15, 0.2) is 31.4 Å². The number of aromatic nitrogens is 1. The number of hydrogen-bond donors (Lipinski definition) is 0. The van der Waals surface area contributed by atoms with E-state index < -0.39 is 0 Å². The number of thiazole rings is 1. The maximum atomic E-state index is 5.99. The lowest BCUT2D eigenvalue weighted by Crippen LogP contribution is -2.30. The monoisotopic (exact) mass is 294 g/mol. The Bertz CT molecular complexity index is 552. The molecule has 1 aromatic heterocycles. The molecule has 2 heterocycles. The van der Waals surface area contributed by atoms with Crippen molar-refractivity contribution in [3.05, 3.63) is 41.4 Å². The second-order valence-corrected chi connectivity index (χ2v) is 6.26. The zero-order chi connectivity index (χ0) is 13.8. The van der Waals surface area contributed by atoms with Crippen LogP contribution >= 0.6 is 22.9 Å². The van der Waals surface area contributed by atoms with Gasteiger partial charge in [-0.2, -0.15) is 0 Å². The number of rotatable bonds is 1. The van der Waals surface area contributed by atoms with Crippen LogP contribution in [0.25, 0.3) is 10.2 Å². The number of piperidine rings is 1. The lowest BCUT2D eigenvalue weighted by molar-refractivity contribution is 0.250. The van der Waals surface area contributed by atoms with E-state index in [1.165, 1.54) is 29.1 Å². The standard InChI is InChI=1S/C13H15ClN2S.C2H4/c1-16-6-2-3-9(8-16)13-15-11-7-10(14)4-5-12(11)17-13;1-2/h4-5,7,9H,2-3,6,8H2,1H3;1-2H2. The molecular weight excluding hydrogens is 276 g/mol. The number of hydrogen-bond acceptors (Lipinski definition) is 3. The molecule has 2 aromatic rings. The Balaban J connectivity index is 0.000000637. The first-order valence-corrected chi connectivity index (χ1v) is 7.66. The third kappa shape index (κ3) is 3.35. The van der Waals surface area contributed by atoms with Gasteiger partial charge in [-0.15, -0.1) is 24.5 Å². The van der Waals surface area contributed by atoms with Gasteiger partial charge in [-0.25, -0.2) is 4.98 Å². The number of benzene rings is 1. The minimum atomic E-state index is 0.602. The summed E-state index contributed by atoms with van der Waals surface area (Å²) < 4.78 is 1.25. The normalized spacial score (nSPS) is 20.0. The molecule has 1 fully saturated rings. The second-order valence-electron chi connectivity index (χ2n) is 4.77.